The van der Waals surface area contributed by atoms with Crippen LogP contribution in [0.25, 0.3) is 5.76 Å². The number of aliphatic hydroxyl groups excluding tert-OH is 1. The van der Waals surface area contributed by atoms with Crippen LogP contribution in [0.5, 0.6) is 17.2 Å². The molecule has 0 aromatic heterocycles. The summed E-state index contributed by atoms with van der Waals surface area (Å²) in [7, 11) is 3.91. The minimum absolute atomic E-state index is 0.0120. The van der Waals surface area contributed by atoms with Gasteiger partial charge in [0, 0.05) is 12.1 Å². The van der Waals surface area contributed by atoms with Gasteiger partial charge in [-0.05, 0) is 82.9 Å². The van der Waals surface area contributed by atoms with Gasteiger partial charge in [-0.1, -0.05) is 6.07 Å². The summed E-state index contributed by atoms with van der Waals surface area (Å²) in [5, 5.41) is 11.2. The van der Waals surface area contributed by atoms with Gasteiger partial charge in [0.2, 0.25) is 6.79 Å². The number of carbonyl (C=O) groups is 2. The summed E-state index contributed by atoms with van der Waals surface area (Å²) in [6, 6.07) is 11.4. The molecule has 1 amide bonds. The molecule has 0 unspecified atom stereocenters. The normalized spacial score (nSPS) is 18.9. The molecule has 2 aliphatic heterocycles. The topological polar surface area (TPSA) is 88.5 Å². The minimum atomic E-state index is -0.733. The predicted octanol–water partition coefficient (Wildman–Crippen LogP) is 3.58. The van der Waals surface area contributed by atoms with Crippen molar-refractivity contribution in [1.29, 1.82) is 0 Å². The Morgan fingerprint density at radius 3 is 2.50 bits per heavy atom. The maximum Gasteiger partial charge on any atom is 0.295 e. The lowest BCUT2D eigenvalue weighted by Crippen LogP contribution is -2.32. The number of amides is 1. The number of nitrogens with zero attached hydrogens (tertiary/aromatic N) is 2. The molecule has 2 aromatic carbocycles. The highest BCUT2D eigenvalue weighted by molar-refractivity contribution is 6.46. The molecule has 180 valence electrons. The molecule has 1 saturated heterocycles. The van der Waals surface area contributed by atoms with Gasteiger partial charge < -0.3 is 29.1 Å². The van der Waals surface area contributed by atoms with Crippen molar-refractivity contribution in [3.63, 3.8) is 0 Å². The van der Waals surface area contributed by atoms with Gasteiger partial charge in [-0.2, -0.15) is 0 Å². The second-order valence-corrected chi connectivity index (χ2v) is 8.95. The van der Waals surface area contributed by atoms with Crippen LogP contribution < -0.4 is 14.2 Å². The van der Waals surface area contributed by atoms with Crippen LogP contribution in [0.4, 0.5) is 0 Å². The van der Waals surface area contributed by atoms with Crippen LogP contribution in [0.2, 0.25) is 0 Å². The Morgan fingerprint density at radius 1 is 1.12 bits per heavy atom. The first kappa shape index (κ1) is 23.6. The molecule has 0 aliphatic carbocycles. The summed E-state index contributed by atoms with van der Waals surface area (Å²) in [5.74, 6) is 0.270. The van der Waals surface area contributed by atoms with Gasteiger partial charge in [-0.15, -0.1) is 0 Å². The average molecular weight is 467 g/mol. The van der Waals surface area contributed by atoms with Gasteiger partial charge in [0.25, 0.3) is 11.7 Å². The van der Waals surface area contributed by atoms with Crippen molar-refractivity contribution in [3.8, 4) is 17.2 Å². The van der Waals surface area contributed by atoms with Gasteiger partial charge in [0.1, 0.15) is 11.5 Å². The second-order valence-electron chi connectivity index (χ2n) is 8.95. The highest BCUT2D eigenvalue weighted by atomic mass is 16.7. The third-order valence-electron chi connectivity index (χ3n) is 5.76. The monoisotopic (exact) mass is 466 g/mol. The van der Waals surface area contributed by atoms with Gasteiger partial charge in [-0.25, -0.2) is 0 Å². The zero-order chi connectivity index (χ0) is 24.4. The number of ketones is 1. The first-order valence-electron chi connectivity index (χ1n) is 11.4. The van der Waals surface area contributed by atoms with E-state index >= 15 is 0 Å². The molecule has 0 spiro atoms. The van der Waals surface area contributed by atoms with E-state index in [2.05, 4.69) is 0 Å². The van der Waals surface area contributed by atoms with Crippen molar-refractivity contribution in [1.82, 2.24) is 9.80 Å². The number of hydrogen-bond acceptors (Lipinski definition) is 7. The Bertz CT molecular complexity index is 1110. The summed E-state index contributed by atoms with van der Waals surface area (Å²) >= 11 is 0. The second kappa shape index (κ2) is 9.77. The maximum absolute atomic E-state index is 13.2. The van der Waals surface area contributed by atoms with E-state index in [0.29, 0.717) is 41.3 Å². The van der Waals surface area contributed by atoms with E-state index in [1.165, 1.54) is 4.90 Å². The van der Waals surface area contributed by atoms with Crippen LogP contribution in [0.3, 0.4) is 0 Å². The molecule has 1 atom stereocenters. The van der Waals surface area contributed by atoms with E-state index in [1.54, 1.807) is 42.5 Å². The molecule has 8 nitrogen and oxygen atoms in total. The molecule has 1 fully saturated rings. The average Bonchev–Trinajstić information content (AvgIpc) is 3.36. The summed E-state index contributed by atoms with van der Waals surface area (Å²) in [5.41, 5.74) is 1.18. The Morgan fingerprint density at radius 2 is 1.82 bits per heavy atom. The molecule has 0 bridgehead atoms. The number of likely N-dealkylation sites (tertiary alicyclic amines) is 1. The zero-order valence-corrected chi connectivity index (χ0v) is 19.9. The molecule has 0 radical (unpaired) electrons. The first-order chi connectivity index (χ1) is 16.3. The van der Waals surface area contributed by atoms with E-state index in [-0.39, 0.29) is 24.2 Å². The van der Waals surface area contributed by atoms with Crippen molar-refractivity contribution < 1.29 is 28.9 Å². The highest BCUT2D eigenvalue weighted by Crippen LogP contribution is 2.43. The smallest absolute Gasteiger partial charge is 0.295 e. The lowest BCUT2D eigenvalue weighted by Gasteiger charge is -2.26. The first-order valence-corrected chi connectivity index (χ1v) is 11.4. The molecule has 2 aliphatic rings. The van der Waals surface area contributed by atoms with Crippen LogP contribution in [0.1, 0.15) is 37.4 Å². The van der Waals surface area contributed by atoms with Crippen molar-refractivity contribution in [2.45, 2.75) is 32.4 Å². The van der Waals surface area contributed by atoms with Gasteiger partial charge in [0.15, 0.2) is 11.5 Å². The fourth-order valence-corrected chi connectivity index (χ4v) is 4.22. The van der Waals surface area contributed by atoms with Crippen LogP contribution in [0, 0.1) is 0 Å². The molecular formula is C26H30N2O6. The van der Waals surface area contributed by atoms with E-state index in [9.17, 15) is 14.7 Å². The Balaban J connectivity index is 1.75. The van der Waals surface area contributed by atoms with Crippen molar-refractivity contribution in [3.05, 3.63) is 59.2 Å². The third-order valence-corrected chi connectivity index (χ3v) is 5.76. The maximum atomic E-state index is 13.2. The Kier molecular flexibility index (Phi) is 6.79. The third kappa shape index (κ3) is 4.72. The zero-order valence-electron chi connectivity index (χ0n) is 19.9. The number of rotatable bonds is 8. The lowest BCUT2D eigenvalue weighted by molar-refractivity contribution is -0.139. The predicted molar refractivity (Wildman–Crippen MR) is 127 cm³/mol. The van der Waals surface area contributed by atoms with Gasteiger partial charge in [0.05, 0.1) is 17.7 Å². The molecule has 0 saturated carbocycles. The molecule has 8 heteroatoms. The molecular weight excluding hydrogens is 436 g/mol. The van der Waals surface area contributed by atoms with Gasteiger partial charge >= 0.3 is 0 Å². The largest absolute Gasteiger partial charge is 0.507 e. The summed E-state index contributed by atoms with van der Waals surface area (Å²) in [6.07, 6.45) is 0.695. The molecule has 34 heavy (non-hydrogen) atoms. The molecule has 1 N–H and O–H groups in total. The molecule has 4 rings (SSSR count). The summed E-state index contributed by atoms with van der Waals surface area (Å²) in [6.45, 7) is 5.11. The Hall–Kier alpha value is -3.52. The van der Waals surface area contributed by atoms with Crippen molar-refractivity contribution in [2.75, 3.05) is 34.0 Å². The number of fused-ring (bicyclic) bond motifs is 1. The van der Waals surface area contributed by atoms with E-state index in [4.69, 9.17) is 14.2 Å². The van der Waals surface area contributed by atoms with E-state index in [0.717, 1.165) is 6.54 Å². The summed E-state index contributed by atoms with van der Waals surface area (Å²) < 4.78 is 16.6. The standard InChI is InChI=1S/C26H30N2O6/c1-16(2)34-19-9-6-17(7-10-19)24(29)22-23(18-8-11-20-21(14-18)33-15-32-20)28(26(31)25(22)30)13-5-12-27(3)4/h6-11,14,16,23,29H,5,12-13,15H2,1-4H3/t23-/m1/s1. The van der Waals surface area contributed by atoms with Gasteiger partial charge in [-0.3, -0.25) is 9.59 Å². The van der Waals surface area contributed by atoms with Crippen LogP contribution in [0.15, 0.2) is 48.0 Å². The number of hydrogen-bond donors (Lipinski definition) is 1. The quantitative estimate of drug-likeness (QED) is 0.361. The molecule has 2 heterocycles. The molecule has 2 aromatic rings. The lowest BCUT2D eigenvalue weighted by atomic mass is 9.95. The van der Waals surface area contributed by atoms with Crippen LogP contribution >= 0.6 is 0 Å². The van der Waals surface area contributed by atoms with Crippen LogP contribution in [-0.2, 0) is 9.59 Å². The fraction of sp³-hybridized carbons (Fsp3) is 0.385. The van der Waals surface area contributed by atoms with E-state index < -0.39 is 17.7 Å². The fourth-order valence-electron chi connectivity index (χ4n) is 4.22. The number of Topliss-reactive ketones (excluding diaryl/α,β-unsaturated/α-hetero) is 1. The highest BCUT2D eigenvalue weighted by Gasteiger charge is 2.46. The SMILES string of the molecule is CC(C)Oc1ccc(C(O)=C2C(=O)C(=O)N(CCCN(C)C)[C@@H]2c2ccc3c(c2)OCO3)cc1. The number of benzene rings is 2. The number of ether oxygens (including phenoxy) is 3. The van der Waals surface area contributed by atoms with Crippen molar-refractivity contribution >= 4 is 17.4 Å². The summed E-state index contributed by atoms with van der Waals surface area (Å²) in [4.78, 5) is 29.8. The number of carbonyl (C=O) groups excluding carboxylic acids is 2. The minimum Gasteiger partial charge on any atom is -0.507 e. The Labute approximate surface area is 199 Å². The number of aliphatic hydroxyl groups is 1. The van der Waals surface area contributed by atoms with Crippen LogP contribution in [-0.4, -0.2) is 66.7 Å². The van der Waals surface area contributed by atoms with Crippen molar-refractivity contribution in [2.24, 2.45) is 0 Å². The van der Waals surface area contributed by atoms with E-state index in [1.807, 2.05) is 32.8 Å².